The van der Waals surface area contributed by atoms with Crippen molar-refractivity contribution in [2.24, 2.45) is 0 Å². The fraction of sp³-hybridized carbons (Fsp3) is 0.261. The first-order chi connectivity index (χ1) is 12.7. The monoisotopic (exact) mass is 357 g/mol. The van der Waals surface area contributed by atoms with E-state index in [1.54, 1.807) is 21.3 Å². The molecule has 27 heavy (non-hydrogen) atoms. The highest BCUT2D eigenvalue weighted by molar-refractivity contribution is 6.52. The van der Waals surface area contributed by atoms with Crippen molar-refractivity contribution in [2.45, 2.75) is 38.9 Å². The minimum Gasteiger partial charge on any atom is -0.427 e. The van der Waals surface area contributed by atoms with E-state index in [-0.39, 0.29) is 5.78 Å². The van der Waals surface area contributed by atoms with Crippen LogP contribution < -0.4 is 5.46 Å². The van der Waals surface area contributed by atoms with Crippen LogP contribution in [-0.4, -0.2) is 29.6 Å². The zero-order valence-electron chi connectivity index (χ0n) is 16.0. The van der Waals surface area contributed by atoms with Gasteiger partial charge >= 0.3 is 7.48 Å². The lowest BCUT2D eigenvalue weighted by molar-refractivity contribution is -0.0893. The van der Waals surface area contributed by atoms with Gasteiger partial charge in [0.25, 0.3) is 0 Å². The van der Waals surface area contributed by atoms with Crippen molar-refractivity contribution in [3.05, 3.63) is 65.7 Å². The number of rotatable bonds is 4. The maximum atomic E-state index is 13.1. The molecule has 0 amide bonds. The third-order valence-electron chi connectivity index (χ3n) is 5.70. The number of carbonyl (C=O) groups is 1. The third-order valence-corrected chi connectivity index (χ3v) is 5.70. The molecule has 0 heterocycles. The molecule has 0 unspecified atom stereocenters. The molecule has 0 fully saturated rings. The van der Waals surface area contributed by atoms with Crippen LogP contribution in [0.3, 0.4) is 0 Å². The van der Waals surface area contributed by atoms with Crippen LogP contribution in [0.2, 0.25) is 0 Å². The second kappa shape index (κ2) is 6.05. The average Bonchev–Trinajstić information content (AvgIpc) is 2.93. The van der Waals surface area contributed by atoms with Crippen molar-refractivity contribution in [1.82, 2.24) is 0 Å². The predicted octanol–water partition coefficient (Wildman–Crippen LogP) is 3.86. The smallest absolute Gasteiger partial charge is 0.331 e. The molecular weight excluding hydrogens is 335 g/mol. The standard InChI is InChI=1S/C23H22BO3/c1-22(2,26)23(3,4)27-24-18-13-14-9-5-6-10-15(14)19-16-11-7-8-12-17(16)21(25)20(18)19/h5-13,26H,1-4H3. The molecule has 0 aliphatic heterocycles. The molecule has 1 aliphatic rings. The molecule has 1 aliphatic carbocycles. The van der Waals surface area contributed by atoms with Gasteiger partial charge in [-0.2, -0.15) is 0 Å². The minimum atomic E-state index is -1.03. The van der Waals surface area contributed by atoms with E-state index in [4.69, 9.17) is 4.65 Å². The van der Waals surface area contributed by atoms with Crippen LogP contribution >= 0.6 is 0 Å². The van der Waals surface area contributed by atoms with Crippen molar-refractivity contribution >= 4 is 29.5 Å². The summed E-state index contributed by atoms with van der Waals surface area (Å²) in [5.74, 6) is 0.0160. The van der Waals surface area contributed by atoms with Gasteiger partial charge in [0.05, 0.1) is 11.2 Å². The van der Waals surface area contributed by atoms with Gasteiger partial charge in [-0.05, 0) is 49.5 Å². The van der Waals surface area contributed by atoms with Crippen LogP contribution in [0.5, 0.6) is 0 Å². The molecule has 4 rings (SSSR count). The largest absolute Gasteiger partial charge is 0.427 e. The van der Waals surface area contributed by atoms with Gasteiger partial charge in [0.15, 0.2) is 5.78 Å². The fourth-order valence-corrected chi connectivity index (χ4v) is 3.38. The summed E-state index contributed by atoms with van der Waals surface area (Å²) in [4.78, 5) is 13.1. The highest BCUT2D eigenvalue weighted by atomic mass is 16.5. The molecule has 3 nitrogen and oxygen atoms in total. The van der Waals surface area contributed by atoms with Crippen LogP contribution in [-0.2, 0) is 4.65 Å². The first-order valence-electron chi connectivity index (χ1n) is 9.14. The van der Waals surface area contributed by atoms with Gasteiger partial charge in [-0.3, -0.25) is 4.79 Å². The summed E-state index contributed by atoms with van der Waals surface area (Å²) in [5, 5.41) is 12.5. The molecule has 0 atom stereocenters. The van der Waals surface area contributed by atoms with E-state index in [9.17, 15) is 9.90 Å². The van der Waals surface area contributed by atoms with Gasteiger partial charge in [-0.15, -0.1) is 0 Å². The van der Waals surface area contributed by atoms with Crippen LogP contribution in [0.4, 0.5) is 0 Å². The van der Waals surface area contributed by atoms with Gasteiger partial charge in [0.1, 0.15) is 0 Å². The Morgan fingerprint density at radius 3 is 2.22 bits per heavy atom. The van der Waals surface area contributed by atoms with Crippen molar-refractivity contribution in [3.63, 3.8) is 0 Å². The molecule has 0 bridgehead atoms. The molecule has 0 spiro atoms. The number of ketones is 1. The number of hydrogen-bond donors (Lipinski definition) is 1. The number of fused-ring (bicyclic) bond motifs is 5. The van der Waals surface area contributed by atoms with E-state index >= 15 is 0 Å². The highest BCUT2D eigenvalue weighted by Crippen LogP contribution is 2.40. The third kappa shape index (κ3) is 2.80. The molecule has 3 aromatic carbocycles. The number of carbonyl (C=O) groups excluding carboxylic acids is 1. The molecule has 3 aromatic rings. The topological polar surface area (TPSA) is 46.5 Å². The normalized spacial score (nSPS) is 13.6. The number of hydrogen-bond acceptors (Lipinski definition) is 3. The number of aliphatic hydroxyl groups is 1. The molecule has 135 valence electrons. The van der Waals surface area contributed by atoms with Crippen molar-refractivity contribution in [1.29, 1.82) is 0 Å². The Labute approximate surface area is 160 Å². The van der Waals surface area contributed by atoms with E-state index in [0.29, 0.717) is 5.56 Å². The zero-order valence-corrected chi connectivity index (χ0v) is 16.0. The van der Waals surface area contributed by atoms with Gasteiger partial charge in [0.2, 0.25) is 0 Å². The lowest BCUT2D eigenvalue weighted by Gasteiger charge is -2.37. The van der Waals surface area contributed by atoms with Crippen LogP contribution in [0, 0.1) is 0 Å². The van der Waals surface area contributed by atoms with E-state index in [1.807, 2.05) is 62.4 Å². The predicted molar refractivity (Wildman–Crippen MR) is 110 cm³/mol. The second-order valence-corrected chi connectivity index (χ2v) is 8.12. The van der Waals surface area contributed by atoms with Crippen molar-refractivity contribution in [3.8, 4) is 11.1 Å². The lowest BCUT2D eigenvalue weighted by Crippen LogP contribution is -2.49. The Bertz CT molecular complexity index is 1060. The maximum Gasteiger partial charge on any atom is 0.331 e. The Balaban J connectivity index is 1.88. The highest BCUT2D eigenvalue weighted by Gasteiger charge is 2.37. The summed E-state index contributed by atoms with van der Waals surface area (Å²) < 4.78 is 5.97. The van der Waals surface area contributed by atoms with Crippen LogP contribution in [0.25, 0.3) is 21.9 Å². The summed E-state index contributed by atoms with van der Waals surface area (Å²) in [6.45, 7) is 7.10. The Hall–Kier alpha value is -2.43. The summed E-state index contributed by atoms with van der Waals surface area (Å²) in [7, 11) is 1.62. The summed E-state index contributed by atoms with van der Waals surface area (Å²) >= 11 is 0. The Kier molecular flexibility index (Phi) is 4.02. The molecular formula is C23H22BO3. The average molecular weight is 357 g/mol. The summed E-state index contributed by atoms with van der Waals surface area (Å²) in [6.07, 6.45) is 0. The van der Waals surface area contributed by atoms with Gasteiger partial charge < -0.3 is 9.76 Å². The molecule has 4 heteroatoms. The van der Waals surface area contributed by atoms with E-state index in [2.05, 4.69) is 6.07 Å². The number of benzene rings is 3. The fourth-order valence-electron chi connectivity index (χ4n) is 3.38. The maximum absolute atomic E-state index is 13.1. The van der Waals surface area contributed by atoms with Gasteiger partial charge in [0, 0.05) is 16.7 Å². The second-order valence-electron chi connectivity index (χ2n) is 8.12. The lowest BCUT2D eigenvalue weighted by atomic mass is 9.77. The molecule has 1 radical (unpaired) electrons. The molecule has 0 saturated heterocycles. The first-order valence-corrected chi connectivity index (χ1v) is 9.14. The van der Waals surface area contributed by atoms with Gasteiger partial charge in [-0.1, -0.05) is 54.6 Å². The summed E-state index contributed by atoms with van der Waals surface area (Å²) in [6, 6.07) is 17.8. The zero-order chi connectivity index (χ0) is 19.4. The van der Waals surface area contributed by atoms with Crippen molar-refractivity contribution in [2.75, 3.05) is 0 Å². The van der Waals surface area contributed by atoms with E-state index in [0.717, 1.165) is 32.9 Å². The molecule has 0 aromatic heterocycles. The van der Waals surface area contributed by atoms with Crippen molar-refractivity contribution < 1.29 is 14.6 Å². The van der Waals surface area contributed by atoms with Crippen LogP contribution in [0.1, 0.15) is 43.6 Å². The molecule has 0 saturated carbocycles. The quantitative estimate of drug-likeness (QED) is 0.564. The SMILES string of the molecule is CC(C)(O)C(C)(C)O[B]c1cc2ccccc2c2c1C(=O)c1ccccc1-2. The molecule has 1 N–H and O–H groups in total. The van der Waals surface area contributed by atoms with Crippen LogP contribution in [0.15, 0.2) is 54.6 Å². The minimum absolute atomic E-state index is 0.0160. The van der Waals surface area contributed by atoms with Gasteiger partial charge in [-0.25, -0.2) is 0 Å². The Morgan fingerprint density at radius 2 is 1.52 bits per heavy atom. The van der Waals surface area contributed by atoms with E-state index < -0.39 is 11.2 Å². The summed E-state index contributed by atoms with van der Waals surface area (Å²) in [5.41, 5.74) is 2.22. The van der Waals surface area contributed by atoms with E-state index in [1.165, 1.54) is 0 Å². The Morgan fingerprint density at radius 1 is 0.889 bits per heavy atom. The first kappa shape index (κ1) is 18.0.